The molecule has 6 heteroatoms. The van der Waals surface area contributed by atoms with Crippen molar-refractivity contribution in [3.8, 4) is 5.75 Å². The summed E-state index contributed by atoms with van der Waals surface area (Å²) in [5.41, 5.74) is 3.45. The van der Waals surface area contributed by atoms with Gasteiger partial charge in [-0.15, -0.1) is 11.3 Å². The van der Waals surface area contributed by atoms with Crippen molar-refractivity contribution in [2.45, 2.75) is 40.2 Å². The number of carbonyl (C=O) groups is 1. The van der Waals surface area contributed by atoms with Crippen molar-refractivity contribution in [3.63, 3.8) is 0 Å². The molecule has 1 amide bonds. The van der Waals surface area contributed by atoms with Gasteiger partial charge in [-0.25, -0.2) is 4.98 Å². The highest BCUT2D eigenvalue weighted by molar-refractivity contribution is 7.15. The van der Waals surface area contributed by atoms with E-state index in [1.54, 1.807) is 11.3 Å². The van der Waals surface area contributed by atoms with Crippen LogP contribution < -0.4 is 10.1 Å². The quantitative estimate of drug-likeness (QED) is 0.857. The Labute approximate surface area is 153 Å². The van der Waals surface area contributed by atoms with Gasteiger partial charge in [-0.2, -0.15) is 0 Å². The van der Waals surface area contributed by atoms with Crippen molar-refractivity contribution in [2.24, 2.45) is 0 Å². The molecule has 0 saturated carbocycles. The standard InChI is InChI=1S/C19H25N3O2S/c1-4-22-10-8-15-17(12-22)25-19(20-15)21-18(23)9-11-24-16-7-5-6-13(2)14(16)3/h5-7H,4,8-12H2,1-3H3,(H,20,21,23). The lowest BCUT2D eigenvalue weighted by atomic mass is 10.1. The monoisotopic (exact) mass is 359 g/mol. The second kappa shape index (κ2) is 7.97. The van der Waals surface area contributed by atoms with Crippen molar-refractivity contribution in [1.82, 2.24) is 9.88 Å². The zero-order valence-corrected chi connectivity index (χ0v) is 15.9. The van der Waals surface area contributed by atoms with Gasteiger partial charge in [0, 0.05) is 24.4 Å². The van der Waals surface area contributed by atoms with E-state index >= 15 is 0 Å². The first kappa shape index (κ1) is 17.9. The molecule has 0 fully saturated rings. The summed E-state index contributed by atoms with van der Waals surface area (Å²) in [4.78, 5) is 20.4. The first-order valence-electron chi connectivity index (χ1n) is 8.76. The summed E-state index contributed by atoms with van der Waals surface area (Å²) in [6, 6.07) is 5.96. The topological polar surface area (TPSA) is 54.5 Å². The number of nitrogens with zero attached hydrogens (tertiary/aromatic N) is 2. The average Bonchev–Trinajstić information content (AvgIpc) is 2.99. The summed E-state index contributed by atoms with van der Waals surface area (Å²) < 4.78 is 5.75. The van der Waals surface area contributed by atoms with Crippen LogP contribution in [0.15, 0.2) is 18.2 Å². The van der Waals surface area contributed by atoms with Crippen LogP contribution >= 0.6 is 11.3 Å². The largest absolute Gasteiger partial charge is 0.493 e. The molecule has 1 aliphatic rings. The van der Waals surface area contributed by atoms with Crippen molar-refractivity contribution in [1.29, 1.82) is 0 Å². The van der Waals surface area contributed by atoms with Gasteiger partial charge in [-0.3, -0.25) is 9.69 Å². The van der Waals surface area contributed by atoms with E-state index in [9.17, 15) is 4.79 Å². The highest BCUT2D eigenvalue weighted by atomic mass is 32.1. The normalized spacial score (nSPS) is 14.2. The van der Waals surface area contributed by atoms with Crippen LogP contribution in [0, 0.1) is 13.8 Å². The van der Waals surface area contributed by atoms with E-state index < -0.39 is 0 Å². The number of carbonyl (C=O) groups excluding carboxylic acids is 1. The molecule has 0 unspecified atom stereocenters. The predicted molar refractivity (Wildman–Crippen MR) is 101 cm³/mol. The van der Waals surface area contributed by atoms with Crippen molar-refractivity contribution in [3.05, 3.63) is 39.9 Å². The first-order chi connectivity index (χ1) is 12.1. The Hall–Kier alpha value is -1.92. The second-order valence-corrected chi connectivity index (χ2v) is 7.44. The minimum atomic E-state index is -0.0521. The number of aromatic nitrogens is 1. The Morgan fingerprint density at radius 3 is 3.04 bits per heavy atom. The van der Waals surface area contributed by atoms with Crippen molar-refractivity contribution in [2.75, 3.05) is 25.0 Å². The maximum Gasteiger partial charge on any atom is 0.229 e. The van der Waals surface area contributed by atoms with Gasteiger partial charge >= 0.3 is 0 Å². The predicted octanol–water partition coefficient (Wildman–Crippen LogP) is 3.55. The fourth-order valence-corrected chi connectivity index (χ4v) is 3.95. The highest BCUT2D eigenvalue weighted by Gasteiger charge is 2.20. The summed E-state index contributed by atoms with van der Waals surface area (Å²) in [5.74, 6) is 0.793. The van der Waals surface area contributed by atoms with Crippen LogP contribution in [-0.2, 0) is 17.8 Å². The van der Waals surface area contributed by atoms with Gasteiger partial charge in [0.05, 0.1) is 18.7 Å². The fraction of sp³-hybridized carbons (Fsp3) is 0.474. The summed E-state index contributed by atoms with van der Waals surface area (Å²) in [6.07, 6.45) is 1.28. The Bertz CT molecular complexity index is 757. The number of fused-ring (bicyclic) bond motifs is 1. The number of nitrogens with one attached hydrogen (secondary N) is 1. The number of ether oxygens (including phenoxy) is 1. The average molecular weight is 359 g/mol. The smallest absolute Gasteiger partial charge is 0.229 e. The van der Waals surface area contributed by atoms with E-state index in [1.165, 1.54) is 10.4 Å². The van der Waals surface area contributed by atoms with Gasteiger partial charge in [-0.05, 0) is 37.6 Å². The summed E-state index contributed by atoms with van der Waals surface area (Å²) in [5, 5.41) is 3.62. The Morgan fingerprint density at radius 2 is 2.24 bits per heavy atom. The Morgan fingerprint density at radius 1 is 1.40 bits per heavy atom. The molecule has 134 valence electrons. The zero-order chi connectivity index (χ0) is 17.8. The van der Waals surface area contributed by atoms with Crippen molar-refractivity contribution >= 4 is 22.4 Å². The molecule has 5 nitrogen and oxygen atoms in total. The lowest BCUT2D eigenvalue weighted by Gasteiger charge is -2.23. The van der Waals surface area contributed by atoms with E-state index in [0.717, 1.165) is 43.1 Å². The Kier molecular flexibility index (Phi) is 5.71. The molecule has 0 saturated heterocycles. The molecule has 1 aliphatic heterocycles. The summed E-state index contributed by atoms with van der Waals surface area (Å²) in [6.45, 7) is 9.66. The number of aryl methyl sites for hydroxylation is 1. The highest BCUT2D eigenvalue weighted by Crippen LogP contribution is 2.28. The van der Waals surface area contributed by atoms with Gasteiger partial charge < -0.3 is 10.1 Å². The molecule has 2 aromatic rings. The maximum atomic E-state index is 12.2. The summed E-state index contributed by atoms with van der Waals surface area (Å²) in [7, 11) is 0. The van der Waals surface area contributed by atoms with E-state index in [-0.39, 0.29) is 5.91 Å². The molecule has 0 bridgehead atoms. The minimum Gasteiger partial charge on any atom is -0.493 e. The van der Waals surface area contributed by atoms with E-state index in [4.69, 9.17) is 4.74 Å². The molecule has 1 aromatic heterocycles. The SMILES string of the molecule is CCN1CCc2nc(NC(=O)CCOc3cccc(C)c3C)sc2C1. The zero-order valence-electron chi connectivity index (χ0n) is 15.1. The number of hydrogen-bond acceptors (Lipinski definition) is 5. The van der Waals surface area contributed by atoms with Gasteiger partial charge in [0.15, 0.2) is 5.13 Å². The van der Waals surface area contributed by atoms with Crippen LogP contribution in [0.1, 0.15) is 35.0 Å². The lowest BCUT2D eigenvalue weighted by molar-refractivity contribution is -0.116. The molecule has 1 aromatic carbocycles. The van der Waals surface area contributed by atoms with E-state index in [2.05, 4.69) is 35.1 Å². The molecule has 25 heavy (non-hydrogen) atoms. The van der Waals surface area contributed by atoms with Crippen LogP contribution in [0.2, 0.25) is 0 Å². The van der Waals surface area contributed by atoms with Crippen LogP contribution in [-0.4, -0.2) is 35.5 Å². The van der Waals surface area contributed by atoms with Gasteiger partial charge in [-0.1, -0.05) is 19.1 Å². The van der Waals surface area contributed by atoms with E-state index in [1.807, 2.05) is 19.1 Å². The minimum absolute atomic E-state index is 0.0521. The molecule has 2 heterocycles. The van der Waals surface area contributed by atoms with Crippen LogP contribution in [0.3, 0.4) is 0 Å². The molecular weight excluding hydrogens is 334 g/mol. The molecule has 0 atom stereocenters. The second-order valence-electron chi connectivity index (χ2n) is 6.35. The van der Waals surface area contributed by atoms with E-state index in [0.29, 0.717) is 18.2 Å². The number of benzene rings is 1. The molecular formula is C19H25N3O2S. The number of amides is 1. The van der Waals surface area contributed by atoms with Gasteiger partial charge in [0.25, 0.3) is 0 Å². The number of thiazole rings is 1. The molecule has 0 aliphatic carbocycles. The number of likely N-dealkylation sites (N-methyl/N-ethyl adjacent to an activating group) is 1. The third-order valence-electron chi connectivity index (χ3n) is 4.65. The third kappa shape index (κ3) is 4.38. The molecule has 0 spiro atoms. The first-order valence-corrected chi connectivity index (χ1v) is 9.58. The Balaban J connectivity index is 1.50. The van der Waals surface area contributed by atoms with Crippen LogP contribution in [0.4, 0.5) is 5.13 Å². The molecule has 1 N–H and O–H groups in total. The van der Waals surface area contributed by atoms with Gasteiger partial charge in [0.2, 0.25) is 5.91 Å². The van der Waals surface area contributed by atoms with Crippen molar-refractivity contribution < 1.29 is 9.53 Å². The molecule has 3 rings (SSSR count). The number of anilines is 1. The third-order valence-corrected chi connectivity index (χ3v) is 5.64. The fourth-order valence-electron chi connectivity index (χ4n) is 2.89. The van der Waals surface area contributed by atoms with Gasteiger partial charge in [0.1, 0.15) is 5.75 Å². The maximum absolute atomic E-state index is 12.2. The lowest BCUT2D eigenvalue weighted by Crippen LogP contribution is -2.29. The summed E-state index contributed by atoms with van der Waals surface area (Å²) >= 11 is 1.59. The molecule has 0 radical (unpaired) electrons. The van der Waals surface area contributed by atoms with Crippen LogP contribution in [0.5, 0.6) is 5.75 Å². The number of hydrogen-bond donors (Lipinski definition) is 1. The number of rotatable bonds is 6. The van der Waals surface area contributed by atoms with Crippen LogP contribution in [0.25, 0.3) is 0 Å².